The second-order valence-electron chi connectivity index (χ2n) is 6.80. The lowest BCUT2D eigenvalue weighted by molar-refractivity contribution is -0.118. The maximum Gasteiger partial charge on any atom is 0.253 e. The third kappa shape index (κ3) is 4.46. The Morgan fingerprint density at radius 2 is 2.04 bits per heavy atom. The van der Waals surface area contributed by atoms with E-state index in [1.165, 1.54) is 0 Å². The van der Waals surface area contributed by atoms with Crippen LogP contribution >= 0.6 is 24.0 Å². The van der Waals surface area contributed by atoms with Crippen LogP contribution in [-0.4, -0.2) is 31.4 Å². The van der Waals surface area contributed by atoms with Gasteiger partial charge in [-0.05, 0) is 62.4 Å². The highest BCUT2D eigenvalue weighted by Crippen LogP contribution is 2.58. The molecule has 2 aliphatic rings. The van der Waals surface area contributed by atoms with Crippen LogP contribution in [0.25, 0.3) is 0 Å². The number of anilines is 1. The van der Waals surface area contributed by atoms with Crippen molar-refractivity contribution in [2.45, 2.75) is 32.6 Å². The monoisotopic (exact) mass is 385 g/mol. The first-order valence-electron chi connectivity index (χ1n) is 8.65. The van der Waals surface area contributed by atoms with Crippen molar-refractivity contribution in [2.75, 3.05) is 25.0 Å². The van der Waals surface area contributed by atoms with Crippen molar-refractivity contribution in [1.82, 2.24) is 10.6 Å². The molecule has 1 atom stereocenters. The van der Waals surface area contributed by atoms with Crippen LogP contribution in [0.2, 0.25) is 5.02 Å². The van der Waals surface area contributed by atoms with E-state index in [2.05, 4.69) is 16.0 Å². The number of rotatable bonds is 5. The zero-order chi connectivity index (χ0) is 17.2. The largest absolute Gasteiger partial charge is 0.352 e. The number of piperidine rings is 1. The SMILES string of the molecule is CCCNC(=O)c1ccc(Cl)cc1NC(=O)C1CC12CCNCC2.Cl. The second-order valence-corrected chi connectivity index (χ2v) is 7.24. The van der Waals surface area contributed by atoms with Crippen molar-refractivity contribution in [1.29, 1.82) is 0 Å². The molecular weight excluding hydrogens is 361 g/mol. The van der Waals surface area contributed by atoms with E-state index < -0.39 is 0 Å². The van der Waals surface area contributed by atoms with E-state index in [1.807, 2.05) is 6.92 Å². The van der Waals surface area contributed by atoms with Crippen molar-refractivity contribution in [3.8, 4) is 0 Å². The lowest BCUT2D eigenvalue weighted by Gasteiger charge is -2.23. The molecule has 2 amide bonds. The molecule has 1 aliphatic heterocycles. The minimum Gasteiger partial charge on any atom is -0.352 e. The van der Waals surface area contributed by atoms with E-state index in [0.29, 0.717) is 22.8 Å². The average molecular weight is 386 g/mol. The molecule has 3 rings (SSSR count). The fourth-order valence-corrected chi connectivity index (χ4v) is 3.74. The smallest absolute Gasteiger partial charge is 0.253 e. The summed E-state index contributed by atoms with van der Waals surface area (Å²) in [6.45, 7) is 4.56. The Morgan fingerprint density at radius 1 is 1.32 bits per heavy atom. The van der Waals surface area contributed by atoms with Gasteiger partial charge < -0.3 is 16.0 Å². The van der Waals surface area contributed by atoms with Crippen LogP contribution in [0.3, 0.4) is 0 Å². The second kappa shape index (κ2) is 8.39. The summed E-state index contributed by atoms with van der Waals surface area (Å²) >= 11 is 6.06. The molecule has 1 unspecified atom stereocenters. The standard InChI is InChI=1S/C18H24ClN3O2.ClH/c1-2-7-21-16(23)13-4-3-12(19)10-15(13)22-17(24)14-11-18(14)5-8-20-9-6-18;/h3-4,10,14,20H,2,5-9,11H2,1H3,(H,21,23)(H,22,24);1H. The van der Waals surface area contributed by atoms with Gasteiger partial charge in [-0.2, -0.15) is 0 Å². The molecule has 1 saturated heterocycles. The van der Waals surface area contributed by atoms with E-state index in [-0.39, 0.29) is 35.6 Å². The summed E-state index contributed by atoms with van der Waals surface area (Å²) in [5.74, 6) is -0.134. The zero-order valence-corrected chi connectivity index (χ0v) is 15.9. The van der Waals surface area contributed by atoms with E-state index in [1.54, 1.807) is 18.2 Å². The molecule has 5 nitrogen and oxygen atoms in total. The van der Waals surface area contributed by atoms with Gasteiger partial charge in [-0.25, -0.2) is 0 Å². The number of benzene rings is 1. The van der Waals surface area contributed by atoms with Crippen LogP contribution in [0.5, 0.6) is 0 Å². The predicted octanol–water partition coefficient (Wildman–Crippen LogP) is 3.23. The van der Waals surface area contributed by atoms with Crippen molar-refractivity contribution in [3.05, 3.63) is 28.8 Å². The van der Waals surface area contributed by atoms with Gasteiger partial charge in [0.15, 0.2) is 0 Å². The van der Waals surface area contributed by atoms with Crippen LogP contribution < -0.4 is 16.0 Å². The van der Waals surface area contributed by atoms with Crippen LogP contribution in [0.4, 0.5) is 5.69 Å². The summed E-state index contributed by atoms with van der Waals surface area (Å²) in [5, 5.41) is 9.62. The van der Waals surface area contributed by atoms with Gasteiger partial charge in [-0.3, -0.25) is 9.59 Å². The Hall–Kier alpha value is -1.30. The first-order chi connectivity index (χ1) is 11.6. The molecule has 1 aromatic rings. The van der Waals surface area contributed by atoms with Crippen molar-refractivity contribution in [2.24, 2.45) is 11.3 Å². The zero-order valence-electron chi connectivity index (χ0n) is 14.4. The van der Waals surface area contributed by atoms with Crippen LogP contribution in [0, 0.1) is 11.3 Å². The van der Waals surface area contributed by atoms with Gasteiger partial charge in [-0.1, -0.05) is 18.5 Å². The molecule has 3 N–H and O–H groups in total. The summed E-state index contributed by atoms with van der Waals surface area (Å²) in [5.41, 5.74) is 1.12. The highest BCUT2D eigenvalue weighted by Gasteiger charge is 2.57. The maximum absolute atomic E-state index is 12.6. The third-order valence-electron chi connectivity index (χ3n) is 5.13. The summed E-state index contributed by atoms with van der Waals surface area (Å²) in [6.07, 6.45) is 3.90. The molecular formula is C18H25Cl2N3O2. The first kappa shape index (κ1) is 20.0. The fraction of sp³-hybridized carbons (Fsp3) is 0.556. The molecule has 1 aliphatic carbocycles. The molecule has 0 aromatic heterocycles. The summed E-state index contributed by atoms with van der Waals surface area (Å²) < 4.78 is 0. The fourth-order valence-electron chi connectivity index (χ4n) is 3.57. The van der Waals surface area contributed by atoms with E-state index in [0.717, 1.165) is 38.8 Å². The summed E-state index contributed by atoms with van der Waals surface area (Å²) in [4.78, 5) is 24.9. The number of nitrogens with one attached hydrogen (secondary N) is 3. The van der Waals surface area contributed by atoms with Crippen LogP contribution in [-0.2, 0) is 4.79 Å². The van der Waals surface area contributed by atoms with Gasteiger partial charge in [0, 0.05) is 17.5 Å². The maximum atomic E-state index is 12.6. The van der Waals surface area contributed by atoms with Crippen molar-refractivity contribution >= 4 is 41.5 Å². The number of hydrogen-bond donors (Lipinski definition) is 3. The van der Waals surface area contributed by atoms with Crippen LogP contribution in [0.15, 0.2) is 18.2 Å². The van der Waals surface area contributed by atoms with Gasteiger partial charge in [0.05, 0.1) is 11.3 Å². The minimum atomic E-state index is -0.184. The highest BCUT2D eigenvalue weighted by atomic mass is 35.5. The average Bonchev–Trinajstić information content (AvgIpc) is 3.26. The summed E-state index contributed by atoms with van der Waals surface area (Å²) in [6, 6.07) is 4.98. The highest BCUT2D eigenvalue weighted by molar-refractivity contribution is 6.31. The van der Waals surface area contributed by atoms with Crippen molar-refractivity contribution < 1.29 is 9.59 Å². The van der Waals surface area contributed by atoms with Crippen molar-refractivity contribution in [3.63, 3.8) is 0 Å². The number of carbonyl (C=O) groups excluding carboxylic acids is 2. The topological polar surface area (TPSA) is 70.2 Å². The Bertz CT molecular complexity index is 645. The molecule has 25 heavy (non-hydrogen) atoms. The lowest BCUT2D eigenvalue weighted by Crippen LogP contribution is -2.32. The number of carbonyl (C=O) groups is 2. The molecule has 2 fully saturated rings. The number of amides is 2. The van der Waals surface area contributed by atoms with E-state index in [4.69, 9.17) is 11.6 Å². The Morgan fingerprint density at radius 3 is 2.72 bits per heavy atom. The van der Waals surface area contributed by atoms with Gasteiger partial charge in [0.25, 0.3) is 5.91 Å². The normalized spacial score (nSPS) is 20.5. The van der Waals surface area contributed by atoms with E-state index in [9.17, 15) is 9.59 Å². The predicted molar refractivity (Wildman–Crippen MR) is 103 cm³/mol. The van der Waals surface area contributed by atoms with Gasteiger partial charge >= 0.3 is 0 Å². The Labute approximate surface area is 159 Å². The molecule has 1 heterocycles. The Kier molecular flexibility index (Phi) is 6.72. The molecule has 138 valence electrons. The lowest BCUT2D eigenvalue weighted by atomic mass is 9.91. The molecule has 1 saturated carbocycles. The van der Waals surface area contributed by atoms with Gasteiger partial charge in [-0.15, -0.1) is 12.4 Å². The number of halogens is 2. The molecule has 1 aromatic carbocycles. The molecule has 7 heteroatoms. The number of hydrogen-bond acceptors (Lipinski definition) is 3. The molecule has 0 radical (unpaired) electrons. The third-order valence-corrected chi connectivity index (χ3v) is 5.36. The van der Waals surface area contributed by atoms with Gasteiger partial charge in [0.1, 0.15) is 0 Å². The van der Waals surface area contributed by atoms with Crippen LogP contribution in [0.1, 0.15) is 43.0 Å². The van der Waals surface area contributed by atoms with Gasteiger partial charge in [0.2, 0.25) is 5.91 Å². The molecule has 0 bridgehead atoms. The van der Waals surface area contributed by atoms with E-state index >= 15 is 0 Å². The first-order valence-corrected chi connectivity index (χ1v) is 9.03. The minimum absolute atomic E-state index is 0. The quantitative estimate of drug-likeness (QED) is 0.728. The summed E-state index contributed by atoms with van der Waals surface area (Å²) in [7, 11) is 0. The molecule has 1 spiro atoms. The Balaban J connectivity index is 0.00000225.